The molecule has 0 aliphatic heterocycles. The average molecular weight is 450 g/mol. The van der Waals surface area contributed by atoms with E-state index in [0.29, 0.717) is 26.7 Å². The van der Waals surface area contributed by atoms with Gasteiger partial charge in [-0.05, 0) is 35.9 Å². The zero-order chi connectivity index (χ0) is 20.8. The third-order valence-corrected chi connectivity index (χ3v) is 4.81. The molecule has 6 heteroatoms. The Balaban J connectivity index is 1.81. The highest BCUT2D eigenvalue weighted by molar-refractivity contribution is 9.10. The number of halogens is 1. The van der Waals surface area contributed by atoms with E-state index in [0.717, 1.165) is 0 Å². The SMILES string of the molecule is O=C(O)/C(=C/c1ccc(C(=O)c2ccccc2Br)cc1)NC(=O)c1ccccc1. The molecule has 0 atom stereocenters. The molecular weight excluding hydrogens is 434 g/mol. The summed E-state index contributed by atoms with van der Waals surface area (Å²) in [7, 11) is 0. The lowest BCUT2D eigenvalue weighted by Crippen LogP contribution is -2.27. The average Bonchev–Trinajstić information content (AvgIpc) is 2.74. The van der Waals surface area contributed by atoms with Gasteiger partial charge < -0.3 is 10.4 Å². The van der Waals surface area contributed by atoms with Crippen molar-refractivity contribution in [3.63, 3.8) is 0 Å². The Hall–Kier alpha value is -3.51. The molecule has 0 saturated carbocycles. The van der Waals surface area contributed by atoms with E-state index in [9.17, 15) is 19.5 Å². The number of carbonyl (C=O) groups excluding carboxylic acids is 2. The van der Waals surface area contributed by atoms with Gasteiger partial charge in [-0.25, -0.2) is 4.79 Å². The first kappa shape index (κ1) is 20.2. The molecule has 0 radical (unpaired) electrons. The highest BCUT2D eigenvalue weighted by Gasteiger charge is 2.14. The van der Waals surface area contributed by atoms with Gasteiger partial charge in [0.2, 0.25) is 0 Å². The van der Waals surface area contributed by atoms with E-state index >= 15 is 0 Å². The number of hydrogen-bond acceptors (Lipinski definition) is 3. The van der Waals surface area contributed by atoms with Gasteiger partial charge >= 0.3 is 5.97 Å². The first-order valence-electron chi connectivity index (χ1n) is 8.66. The van der Waals surface area contributed by atoms with Gasteiger partial charge in [0.05, 0.1) is 0 Å². The molecule has 0 fully saturated rings. The summed E-state index contributed by atoms with van der Waals surface area (Å²) >= 11 is 3.36. The van der Waals surface area contributed by atoms with Gasteiger partial charge in [0.25, 0.3) is 5.91 Å². The molecule has 0 bridgehead atoms. The van der Waals surface area contributed by atoms with Gasteiger partial charge in [0, 0.05) is 21.2 Å². The van der Waals surface area contributed by atoms with Gasteiger partial charge in [0.15, 0.2) is 5.78 Å². The molecule has 144 valence electrons. The van der Waals surface area contributed by atoms with E-state index in [1.54, 1.807) is 72.8 Å². The lowest BCUT2D eigenvalue weighted by Gasteiger charge is -2.07. The summed E-state index contributed by atoms with van der Waals surface area (Å²) in [6.45, 7) is 0. The molecule has 0 saturated heterocycles. The van der Waals surface area contributed by atoms with E-state index in [2.05, 4.69) is 21.2 Å². The van der Waals surface area contributed by atoms with Gasteiger partial charge in [-0.1, -0.05) is 70.5 Å². The van der Waals surface area contributed by atoms with Crippen LogP contribution in [0.5, 0.6) is 0 Å². The number of ketones is 1. The fourth-order valence-electron chi connectivity index (χ4n) is 2.63. The summed E-state index contributed by atoms with van der Waals surface area (Å²) in [6, 6.07) is 22.0. The summed E-state index contributed by atoms with van der Waals surface area (Å²) in [4.78, 5) is 36.4. The Morgan fingerprint density at radius 2 is 1.41 bits per heavy atom. The van der Waals surface area contributed by atoms with Gasteiger partial charge in [-0.2, -0.15) is 0 Å². The third-order valence-electron chi connectivity index (χ3n) is 4.12. The highest BCUT2D eigenvalue weighted by atomic mass is 79.9. The van der Waals surface area contributed by atoms with E-state index < -0.39 is 11.9 Å². The third kappa shape index (κ3) is 5.06. The quantitative estimate of drug-likeness (QED) is 0.427. The maximum absolute atomic E-state index is 12.6. The van der Waals surface area contributed by atoms with Gasteiger partial charge in [0.1, 0.15) is 5.70 Å². The molecule has 3 aromatic rings. The van der Waals surface area contributed by atoms with Crippen LogP contribution >= 0.6 is 15.9 Å². The van der Waals surface area contributed by atoms with Crippen LogP contribution < -0.4 is 5.32 Å². The molecule has 2 N–H and O–H groups in total. The molecule has 1 amide bonds. The number of aliphatic carboxylic acids is 1. The Morgan fingerprint density at radius 3 is 2.03 bits per heavy atom. The molecule has 3 rings (SSSR count). The maximum Gasteiger partial charge on any atom is 0.352 e. The molecule has 0 aliphatic rings. The summed E-state index contributed by atoms with van der Waals surface area (Å²) in [6.07, 6.45) is 1.34. The summed E-state index contributed by atoms with van der Waals surface area (Å²) in [5, 5.41) is 11.8. The van der Waals surface area contributed by atoms with Crippen molar-refractivity contribution in [3.05, 3.63) is 111 Å². The maximum atomic E-state index is 12.6. The smallest absolute Gasteiger partial charge is 0.352 e. The second kappa shape index (κ2) is 9.12. The molecule has 0 unspecified atom stereocenters. The Labute approximate surface area is 175 Å². The fourth-order valence-corrected chi connectivity index (χ4v) is 3.10. The van der Waals surface area contributed by atoms with Crippen LogP contribution in [-0.4, -0.2) is 22.8 Å². The molecule has 0 heterocycles. The highest BCUT2D eigenvalue weighted by Crippen LogP contribution is 2.20. The predicted molar refractivity (Wildman–Crippen MR) is 114 cm³/mol. The summed E-state index contributed by atoms with van der Waals surface area (Å²) in [5.74, 6) is -1.92. The van der Waals surface area contributed by atoms with Gasteiger partial charge in [-0.15, -0.1) is 0 Å². The van der Waals surface area contributed by atoms with Crippen LogP contribution in [0, 0.1) is 0 Å². The van der Waals surface area contributed by atoms with Crippen molar-refractivity contribution >= 4 is 39.7 Å². The number of carboxylic acids is 1. The minimum absolute atomic E-state index is 0.149. The van der Waals surface area contributed by atoms with Crippen LogP contribution in [0.4, 0.5) is 0 Å². The van der Waals surface area contributed by atoms with Crippen molar-refractivity contribution in [3.8, 4) is 0 Å². The number of nitrogens with one attached hydrogen (secondary N) is 1. The normalized spacial score (nSPS) is 11.0. The van der Waals surface area contributed by atoms with E-state index in [4.69, 9.17) is 0 Å². The van der Waals surface area contributed by atoms with Crippen LogP contribution in [0.25, 0.3) is 6.08 Å². The molecule has 5 nitrogen and oxygen atoms in total. The monoisotopic (exact) mass is 449 g/mol. The van der Waals surface area contributed by atoms with Crippen molar-refractivity contribution in [2.45, 2.75) is 0 Å². The predicted octanol–water partition coefficient (Wildman–Crippen LogP) is 4.54. The topological polar surface area (TPSA) is 83.5 Å². The Morgan fingerprint density at radius 1 is 0.793 bits per heavy atom. The van der Waals surface area contributed by atoms with E-state index in [1.807, 2.05) is 6.07 Å². The van der Waals surface area contributed by atoms with Crippen LogP contribution in [0.15, 0.2) is 89.0 Å². The molecule has 3 aromatic carbocycles. The number of hydrogen-bond donors (Lipinski definition) is 2. The molecule has 29 heavy (non-hydrogen) atoms. The first-order valence-corrected chi connectivity index (χ1v) is 9.45. The second-order valence-electron chi connectivity index (χ2n) is 6.11. The van der Waals surface area contributed by atoms with Crippen LogP contribution in [0.3, 0.4) is 0 Å². The van der Waals surface area contributed by atoms with Crippen molar-refractivity contribution in [2.75, 3.05) is 0 Å². The number of benzene rings is 3. The Bertz CT molecular complexity index is 1090. The van der Waals surface area contributed by atoms with Crippen molar-refractivity contribution < 1.29 is 19.5 Å². The molecule has 0 aliphatic carbocycles. The summed E-state index contributed by atoms with van der Waals surface area (Å²) < 4.78 is 0.700. The first-order chi connectivity index (χ1) is 14.0. The lowest BCUT2D eigenvalue weighted by molar-refractivity contribution is -0.132. The summed E-state index contributed by atoms with van der Waals surface area (Å²) in [5.41, 5.74) is 1.65. The van der Waals surface area contributed by atoms with Crippen LogP contribution in [0.1, 0.15) is 31.8 Å². The number of amides is 1. The van der Waals surface area contributed by atoms with E-state index in [1.165, 1.54) is 6.08 Å². The van der Waals surface area contributed by atoms with Crippen molar-refractivity contribution in [1.82, 2.24) is 5.32 Å². The zero-order valence-electron chi connectivity index (χ0n) is 15.1. The van der Waals surface area contributed by atoms with Crippen LogP contribution in [-0.2, 0) is 4.79 Å². The second-order valence-corrected chi connectivity index (χ2v) is 6.97. The fraction of sp³-hybridized carbons (Fsp3) is 0. The molecule has 0 aromatic heterocycles. The standard InChI is InChI=1S/C23H16BrNO4/c24-19-9-5-4-8-18(19)21(26)16-12-10-15(11-13-16)14-20(23(28)29)25-22(27)17-6-2-1-3-7-17/h1-14H,(H,25,27)(H,28,29)/b20-14-. The zero-order valence-corrected chi connectivity index (χ0v) is 16.7. The minimum Gasteiger partial charge on any atom is -0.477 e. The lowest BCUT2D eigenvalue weighted by atomic mass is 10.0. The van der Waals surface area contributed by atoms with Crippen molar-refractivity contribution in [1.29, 1.82) is 0 Å². The number of carboxylic acid groups (broad SMARTS) is 1. The van der Waals surface area contributed by atoms with Crippen molar-refractivity contribution in [2.24, 2.45) is 0 Å². The van der Waals surface area contributed by atoms with Crippen LogP contribution in [0.2, 0.25) is 0 Å². The van der Waals surface area contributed by atoms with Gasteiger partial charge in [-0.3, -0.25) is 9.59 Å². The number of carbonyl (C=O) groups is 3. The molecular formula is C23H16BrNO4. The number of rotatable bonds is 6. The molecule has 0 spiro atoms. The Kier molecular flexibility index (Phi) is 6.36. The largest absolute Gasteiger partial charge is 0.477 e. The van der Waals surface area contributed by atoms with E-state index in [-0.39, 0.29) is 11.5 Å². The minimum atomic E-state index is -1.26.